The predicted molar refractivity (Wildman–Crippen MR) is 66.1 cm³/mol. The number of benzene rings is 1. The van der Waals surface area contributed by atoms with Gasteiger partial charge in [0.05, 0.1) is 23.3 Å². The van der Waals surface area contributed by atoms with Crippen molar-refractivity contribution in [2.24, 2.45) is 5.92 Å². The molecule has 0 saturated heterocycles. The molecular formula is C14H17NO2. The van der Waals surface area contributed by atoms with Crippen molar-refractivity contribution in [1.82, 2.24) is 0 Å². The molecule has 1 aromatic carbocycles. The number of nitrogens with zero attached hydrogens (tertiary/aromatic N) is 1. The minimum Gasteiger partial charge on any atom is -0.490 e. The second-order valence-corrected chi connectivity index (χ2v) is 4.45. The highest BCUT2D eigenvalue weighted by Crippen LogP contribution is 2.23. The summed E-state index contributed by atoms with van der Waals surface area (Å²) in [6.45, 7) is 7.54. The Morgan fingerprint density at radius 3 is 2.47 bits per heavy atom. The summed E-state index contributed by atoms with van der Waals surface area (Å²) >= 11 is 0. The molecule has 0 aliphatic heterocycles. The molecular weight excluding hydrogens is 214 g/mol. The van der Waals surface area contributed by atoms with Gasteiger partial charge in [0.25, 0.3) is 0 Å². The third-order valence-corrected chi connectivity index (χ3v) is 2.74. The smallest absolute Gasteiger partial charge is 0.163 e. The van der Waals surface area contributed by atoms with Crippen LogP contribution in [0.3, 0.4) is 0 Å². The van der Waals surface area contributed by atoms with Gasteiger partial charge in [0.2, 0.25) is 0 Å². The van der Waals surface area contributed by atoms with E-state index in [9.17, 15) is 4.79 Å². The second kappa shape index (κ2) is 5.49. The van der Waals surface area contributed by atoms with Crippen molar-refractivity contribution in [3.8, 4) is 11.8 Å². The molecule has 0 N–H and O–H groups in total. The van der Waals surface area contributed by atoms with Crippen molar-refractivity contribution in [1.29, 1.82) is 5.26 Å². The van der Waals surface area contributed by atoms with Crippen LogP contribution >= 0.6 is 0 Å². The second-order valence-electron chi connectivity index (χ2n) is 4.45. The van der Waals surface area contributed by atoms with Gasteiger partial charge in [-0.2, -0.15) is 5.26 Å². The Balaban J connectivity index is 3.10. The lowest BCUT2D eigenvalue weighted by atomic mass is 10.1. The summed E-state index contributed by atoms with van der Waals surface area (Å²) < 4.78 is 5.74. The molecule has 0 saturated carbocycles. The number of rotatable bonds is 4. The fraction of sp³-hybridized carbons (Fsp3) is 0.429. The van der Waals surface area contributed by atoms with Crippen molar-refractivity contribution in [2.75, 3.05) is 0 Å². The standard InChI is InChI=1S/C14H17NO2/c1-9(2)11(4)17-14-7-12(8-15)5-6-13(14)10(3)16/h5-7,9,11H,1-4H3. The zero-order chi connectivity index (χ0) is 13.0. The van der Waals surface area contributed by atoms with E-state index in [-0.39, 0.29) is 11.9 Å². The number of nitriles is 1. The number of ether oxygens (including phenoxy) is 1. The van der Waals surface area contributed by atoms with Crippen molar-refractivity contribution < 1.29 is 9.53 Å². The van der Waals surface area contributed by atoms with Crippen LogP contribution in [-0.2, 0) is 0 Å². The maximum absolute atomic E-state index is 11.5. The van der Waals surface area contributed by atoms with Crippen LogP contribution in [0.4, 0.5) is 0 Å². The van der Waals surface area contributed by atoms with Gasteiger partial charge in [-0.25, -0.2) is 0 Å². The van der Waals surface area contributed by atoms with Gasteiger partial charge in [-0.3, -0.25) is 4.79 Å². The molecule has 0 spiro atoms. The molecule has 1 rings (SSSR count). The predicted octanol–water partition coefficient (Wildman–Crippen LogP) is 3.18. The van der Waals surface area contributed by atoms with E-state index in [2.05, 4.69) is 0 Å². The van der Waals surface area contributed by atoms with E-state index >= 15 is 0 Å². The zero-order valence-electron chi connectivity index (χ0n) is 10.7. The zero-order valence-corrected chi connectivity index (χ0v) is 10.7. The molecule has 0 bridgehead atoms. The SMILES string of the molecule is CC(=O)c1ccc(C#N)cc1OC(C)C(C)C. The van der Waals surface area contributed by atoms with Crippen molar-refractivity contribution in [2.45, 2.75) is 33.8 Å². The van der Waals surface area contributed by atoms with Gasteiger partial charge in [0.1, 0.15) is 5.75 Å². The largest absolute Gasteiger partial charge is 0.490 e. The molecule has 90 valence electrons. The van der Waals surface area contributed by atoms with E-state index in [1.807, 2.05) is 26.8 Å². The normalized spacial score (nSPS) is 12.0. The molecule has 0 aliphatic rings. The first kappa shape index (κ1) is 13.2. The highest BCUT2D eigenvalue weighted by atomic mass is 16.5. The molecule has 1 aromatic rings. The van der Waals surface area contributed by atoms with E-state index in [0.717, 1.165) is 0 Å². The van der Waals surface area contributed by atoms with Gasteiger partial charge in [-0.1, -0.05) is 13.8 Å². The maximum Gasteiger partial charge on any atom is 0.163 e. The lowest BCUT2D eigenvalue weighted by Gasteiger charge is -2.19. The summed E-state index contributed by atoms with van der Waals surface area (Å²) in [4.78, 5) is 11.5. The third-order valence-electron chi connectivity index (χ3n) is 2.74. The van der Waals surface area contributed by atoms with Crippen LogP contribution in [0.25, 0.3) is 0 Å². The van der Waals surface area contributed by atoms with Crippen LogP contribution in [0.1, 0.15) is 43.6 Å². The first-order chi connectivity index (χ1) is 7.95. The van der Waals surface area contributed by atoms with Crippen molar-refractivity contribution >= 4 is 5.78 Å². The topological polar surface area (TPSA) is 50.1 Å². The van der Waals surface area contributed by atoms with Crippen LogP contribution in [0.5, 0.6) is 5.75 Å². The summed E-state index contributed by atoms with van der Waals surface area (Å²) in [5, 5.41) is 8.84. The van der Waals surface area contributed by atoms with Crippen molar-refractivity contribution in [3.63, 3.8) is 0 Å². The van der Waals surface area contributed by atoms with Crippen LogP contribution in [-0.4, -0.2) is 11.9 Å². The number of carbonyl (C=O) groups excluding carboxylic acids is 1. The molecule has 17 heavy (non-hydrogen) atoms. The van der Waals surface area contributed by atoms with Crippen LogP contribution in [0.15, 0.2) is 18.2 Å². The summed E-state index contributed by atoms with van der Waals surface area (Å²) in [6.07, 6.45) is 0.00189. The summed E-state index contributed by atoms with van der Waals surface area (Å²) in [6, 6.07) is 6.94. The van der Waals surface area contributed by atoms with E-state index in [1.165, 1.54) is 6.92 Å². The Morgan fingerprint density at radius 2 is 2.00 bits per heavy atom. The number of hydrogen-bond donors (Lipinski definition) is 0. The lowest BCUT2D eigenvalue weighted by molar-refractivity contribution is 0.100. The molecule has 0 amide bonds. The Bertz CT molecular complexity index is 458. The summed E-state index contributed by atoms with van der Waals surface area (Å²) in [5.41, 5.74) is 1.03. The van der Waals surface area contributed by atoms with Crippen molar-refractivity contribution in [3.05, 3.63) is 29.3 Å². The molecule has 3 heteroatoms. The number of ketones is 1. The third kappa shape index (κ3) is 3.32. The molecule has 0 fully saturated rings. The van der Waals surface area contributed by atoms with Crippen LogP contribution in [0.2, 0.25) is 0 Å². The van der Waals surface area contributed by atoms with Crippen LogP contribution in [0, 0.1) is 17.2 Å². The quantitative estimate of drug-likeness (QED) is 0.748. The summed E-state index contributed by atoms with van der Waals surface area (Å²) in [7, 11) is 0. The van der Waals surface area contributed by atoms with Crippen LogP contribution < -0.4 is 4.74 Å². The lowest BCUT2D eigenvalue weighted by Crippen LogP contribution is -2.19. The average Bonchev–Trinajstić information content (AvgIpc) is 2.28. The fourth-order valence-corrected chi connectivity index (χ4v) is 1.32. The van der Waals surface area contributed by atoms with E-state index in [0.29, 0.717) is 22.8 Å². The van der Waals surface area contributed by atoms with E-state index in [4.69, 9.17) is 10.00 Å². The molecule has 0 aliphatic carbocycles. The number of hydrogen-bond acceptors (Lipinski definition) is 3. The molecule has 1 unspecified atom stereocenters. The van der Waals surface area contributed by atoms with Gasteiger partial charge >= 0.3 is 0 Å². The van der Waals surface area contributed by atoms with E-state index in [1.54, 1.807) is 18.2 Å². The van der Waals surface area contributed by atoms with Gasteiger partial charge in [0.15, 0.2) is 5.78 Å². The number of Topliss-reactive ketones (excluding diaryl/α,β-unsaturated/α-hetero) is 1. The Labute approximate surface area is 102 Å². The Hall–Kier alpha value is -1.82. The fourth-order valence-electron chi connectivity index (χ4n) is 1.32. The monoisotopic (exact) mass is 231 g/mol. The highest BCUT2D eigenvalue weighted by Gasteiger charge is 2.14. The minimum atomic E-state index is -0.0551. The van der Waals surface area contributed by atoms with Gasteiger partial charge in [0, 0.05) is 0 Å². The summed E-state index contributed by atoms with van der Waals surface area (Å²) in [5.74, 6) is 0.791. The Kier molecular flexibility index (Phi) is 4.28. The first-order valence-electron chi connectivity index (χ1n) is 5.67. The molecule has 3 nitrogen and oxygen atoms in total. The molecule has 0 radical (unpaired) electrons. The maximum atomic E-state index is 11.5. The van der Waals surface area contributed by atoms with Gasteiger partial charge in [-0.05, 0) is 38.0 Å². The molecule has 1 atom stereocenters. The van der Waals surface area contributed by atoms with E-state index < -0.39 is 0 Å². The highest BCUT2D eigenvalue weighted by molar-refractivity contribution is 5.97. The van der Waals surface area contributed by atoms with Gasteiger partial charge < -0.3 is 4.74 Å². The Morgan fingerprint density at radius 1 is 1.35 bits per heavy atom. The average molecular weight is 231 g/mol. The molecule has 0 aromatic heterocycles. The number of carbonyl (C=O) groups is 1. The minimum absolute atomic E-state index is 0.00189. The molecule has 0 heterocycles. The first-order valence-corrected chi connectivity index (χ1v) is 5.67. The van der Waals surface area contributed by atoms with Gasteiger partial charge in [-0.15, -0.1) is 0 Å².